The van der Waals surface area contributed by atoms with Crippen LogP contribution in [0.5, 0.6) is 0 Å². The lowest BCUT2D eigenvalue weighted by molar-refractivity contribution is 0.917. The van der Waals surface area contributed by atoms with Gasteiger partial charge in [-0.1, -0.05) is 115 Å². The quantitative estimate of drug-likeness (QED) is 0.121. The highest BCUT2D eigenvalue weighted by atomic mass is 32.1. The Morgan fingerprint density at radius 2 is 0.615 bits per heavy atom. The molecule has 4 nitrogen and oxygen atoms in total. The summed E-state index contributed by atoms with van der Waals surface area (Å²) in [5.41, 5.74) is 13.4. The minimum Gasteiger partial charge on any atom is -0.314 e. The Balaban J connectivity index is 1.03. The molecule has 1 aliphatic carbocycles. The molecule has 1 aromatic heterocycles. The molecule has 1 heterocycles. The molecule has 0 aliphatic heterocycles. The van der Waals surface area contributed by atoms with Crippen molar-refractivity contribution in [3.05, 3.63) is 261 Å². The molecule has 0 unspecified atom stereocenters. The van der Waals surface area contributed by atoms with Crippen molar-refractivity contribution in [3.8, 4) is 0 Å². The minimum atomic E-state index is 0.981. The molecule has 0 saturated heterocycles. The van der Waals surface area contributed by atoms with Crippen LogP contribution in [0.1, 0.15) is 12.8 Å². The van der Waals surface area contributed by atoms with Gasteiger partial charge in [0.05, 0.1) is 0 Å². The minimum absolute atomic E-state index is 0.981. The van der Waals surface area contributed by atoms with Gasteiger partial charge in [0.1, 0.15) is 0 Å². The van der Waals surface area contributed by atoms with Crippen molar-refractivity contribution in [1.82, 2.24) is 0 Å². The molecule has 0 radical (unpaired) electrons. The fourth-order valence-corrected chi connectivity index (χ4v) is 10.1. The number of thiophene rings is 1. The largest absolute Gasteiger partial charge is 0.314 e. The lowest BCUT2D eigenvalue weighted by Crippen LogP contribution is -2.18. The molecule has 0 bridgehead atoms. The van der Waals surface area contributed by atoms with Crippen LogP contribution in [0.3, 0.4) is 0 Å². The van der Waals surface area contributed by atoms with Gasteiger partial charge in [-0.05, 0) is 152 Å². The number of fused-ring (bicyclic) bond motifs is 3. The molecular formula is C60H46N4S. The molecule has 0 spiro atoms. The number of para-hydroxylation sites is 5. The summed E-state index contributed by atoms with van der Waals surface area (Å²) >= 11 is 1.85. The second kappa shape index (κ2) is 17.9. The third-order valence-electron chi connectivity index (χ3n) is 12.0. The molecule has 0 amide bonds. The number of nitrogens with zero attached hydrogens (tertiary/aromatic N) is 4. The highest BCUT2D eigenvalue weighted by molar-refractivity contribution is 7.25. The van der Waals surface area contributed by atoms with Gasteiger partial charge in [0.15, 0.2) is 0 Å². The van der Waals surface area contributed by atoms with Crippen molar-refractivity contribution >= 4 is 94.1 Å². The number of anilines is 11. The fraction of sp³-hybridized carbons (Fsp3) is 0.0333. The molecule has 312 valence electrons. The summed E-state index contributed by atoms with van der Waals surface area (Å²) in [5, 5.41) is 2.46. The van der Waals surface area contributed by atoms with Gasteiger partial charge in [0.25, 0.3) is 0 Å². The molecule has 0 fully saturated rings. The molecule has 10 aromatic rings. The van der Waals surface area contributed by atoms with E-state index in [4.69, 9.17) is 0 Å². The first-order valence-corrected chi connectivity index (χ1v) is 23.0. The summed E-state index contributed by atoms with van der Waals surface area (Å²) in [6, 6.07) is 85.1. The van der Waals surface area contributed by atoms with Gasteiger partial charge < -0.3 is 19.6 Å². The lowest BCUT2D eigenvalue weighted by Gasteiger charge is -2.31. The van der Waals surface area contributed by atoms with Crippen LogP contribution in [0, 0.1) is 0 Å². The van der Waals surface area contributed by atoms with Crippen LogP contribution in [-0.4, -0.2) is 0 Å². The van der Waals surface area contributed by atoms with E-state index in [2.05, 4.69) is 274 Å². The van der Waals surface area contributed by atoms with Gasteiger partial charge >= 0.3 is 0 Å². The number of allylic oxidation sites excluding steroid dienone is 4. The Kier molecular flexibility index (Phi) is 11.0. The molecule has 0 N–H and O–H groups in total. The van der Waals surface area contributed by atoms with E-state index in [1.54, 1.807) is 0 Å². The Morgan fingerprint density at radius 1 is 0.292 bits per heavy atom. The molecule has 65 heavy (non-hydrogen) atoms. The van der Waals surface area contributed by atoms with Crippen molar-refractivity contribution in [2.75, 3.05) is 19.6 Å². The Hall–Kier alpha value is -8.12. The zero-order valence-corrected chi connectivity index (χ0v) is 36.7. The maximum atomic E-state index is 2.41. The third-order valence-corrected chi connectivity index (χ3v) is 13.1. The number of rotatable bonds is 12. The second-order valence-corrected chi connectivity index (χ2v) is 17.2. The first kappa shape index (κ1) is 39.7. The van der Waals surface area contributed by atoms with Gasteiger partial charge in [0, 0.05) is 88.4 Å². The molecule has 5 heteroatoms. The monoisotopic (exact) mass is 854 g/mol. The van der Waals surface area contributed by atoms with Crippen LogP contribution in [-0.2, 0) is 0 Å². The zero-order chi connectivity index (χ0) is 43.4. The molecule has 0 atom stereocenters. The fourth-order valence-electron chi connectivity index (χ4n) is 9.06. The van der Waals surface area contributed by atoms with Crippen LogP contribution >= 0.6 is 11.3 Å². The highest BCUT2D eigenvalue weighted by Crippen LogP contribution is 2.46. The Bertz CT molecular complexity index is 3230. The standard InChI is InChI=1S/C60H46N4S/c1-7-21-45(22-8-1)61(46-23-9-2-10-24-46)51-33-19-35-53(41-51)63(49-29-15-5-16-30-49)55-37-39-59-57(43-55)58-44-56(38-40-60(58)65-59)64(50-31-17-6-18-32-50)54-36-20-34-52(42-54)62(47-25-11-3-12-26-47)48-27-13-4-14-28-48/h1-13,15-27,29-44H,14,28H2. The second-order valence-electron chi connectivity index (χ2n) is 16.1. The van der Waals surface area contributed by atoms with E-state index in [1.165, 1.54) is 25.9 Å². The molecule has 0 saturated carbocycles. The number of hydrogen-bond acceptors (Lipinski definition) is 5. The summed E-state index contributed by atoms with van der Waals surface area (Å²) in [6.07, 6.45) is 8.69. The van der Waals surface area contributed by atoms with Crippen LogP contribution in [0.2, 0.25) is 0 Å². The summed E-state index contributed by atoms with van der Waals surface area (Å²) in [7, 11) is 0. The van der Waals surface area contributed by atoms with E-state index in [0.29, 0.717) is 0 Å². The Labute approximate surface area is 385 Å². The van der Waals surface area contributed by atoms with E-state index in [0.717, 1.165) is 75.4 Å². The van der Waals surface area contributed by atoms with Crippen LogP contribution in [0.25, 0.3) is 20.2 Å². The number of hydrogen-bond donors (Lipinski definition) is 0. The zero-order valence-electron chi connectivity index (χ0n) is 35.9. The predicted octanol–water partition coefficient (Wildman–Crippen LogP) is 17.8. The highest BCUT2D eigenvalue weighted by Gasteiger charge is 2.21. The first-order chi connectivity index (χ1) is 32.2. The first-order valence-electron chi connectivity index (χ1n) is 22.2. The van der Waals surface area contributed by atoms with Gasteiger partial charge in [-0.15, -0.1) is 11.3 Å². The van der Waals surface area contributed by atoms with Crippen molar-refractivity contribution < 1.29 is 0 Å². The Morgan fingerprint density at radius 3 is 0.985 bits per heavy atom. The molecular weight excluding hydrogens is 809 g/mol. The average molecular weight is 855 g/mol. The molecule has 11 rings (SSSR count). The SMILES string of the molecule is C1=CCCC(N(c2ccccc2)c2cccc(N(c3ccccc3)c3ccc4sc5ccc(N(c6ccccc6)c6cccc(N(c7ccccc7)c7ccccc7)c6)cc5c4c3)c2)=C1. The summed E-state index contributed by atoms with van der Waals surface area (Å²) in [6.45, 7) is 0. The smallest absolute Gasteiger partial charge is 0.0482 e. The van der Waals surface area contributed by atoms with Crippen molar-refractivity contribution in [3.63, 3.8) is 0 Å². The summed E-state index contributed by atoms with van der Waals surface area (Å²) < 4.78 is 2.51. The van der Waals surface area contributed by atoms with E-state index < -0.39 is 0 Å². The van der Waals surface area contributed by atoms with E-state index in [1.807, 2.05) is 11.3 Å². The number of benzene rings is 9. The van der Waals surface area contributed by atoms with Crippen LogP contribution < -0.4 is 19.6 Å². The normalized spacial score (nSPS) is 12.2. The van der Waals surface area contributed by atoms with E-state index in [-0.39, 0.29) is 0 Å². The van der Waals surface area contributed by atoms with E-state index in [9.17, 15) is 0 Å². The lowest BCUT2D eigenvalue weighted by atomic mass is 10.1. The average Bonchev–Trinajstić information content (AvgIpc) is 3.74. The van der Waals surface area contributed by atoms with Crippen molar-refractivity contribution in [2.24, 2.45) is 0 Å². The van der Waals surface area contributed by atoms with Crippen molar-refractivity contribution in [1.29, 1.82) is 0 Å². The van der Waals surface area contributed by atoms with Gasteiger partial charge in [-0.2, -0.15) is 0 Å². The van der Waals surface area contributed by atoms with Crippen molar-refractivity contribution in [2.45, 2.75) is 12.8 Å². The van der Waals surface area contributed by atoms with Gasteiger partial charge in [0.2, 0.25) is 0 Å². The third kappa shape index (κ3) is 8.06. The van der Waals surface area contributed by atoms with Crippen LogP contribution in [0.15, 0.2) is 261 Å². The molecule has 9 aromatic carbocycles. The molecule has 1 aliphatic rings. The van der Waals surface area contributed by atoms with E-state index >= 15 is 0 Å². The van der Waals surface area contributed by atoms with Crippen LogP contribution in [0.4, 0.5) is 62.6 Å². The summed E-state index contributed by atoms with van der Waals surface area (Å²) in [4.78, 5) is 9.49. The van der Waals surface area contributed by atoms with Gasteiger partial charge in [-0.3, -0.25) is 0 Å². The van der Waals surface area contributed by atoms with Gasteiger partial charge in [-0.25, -0.2) is 0 Å². The topological polar surface area (TPSA) is 13.0 Å². The maximum absolute atomic E-state index is 2.41. The summed E-state index contributed by atoms with van der Waals surface area (Å²) in [5.74, 6) is 0. The maximum Gasteiger partial charge on any atom is 0.0482 e. The predicted molar refractivity (Wildman–Crippen MR) is 278 cm³/mol.